The molecule has 130 valence electrons. The molecule has 2 rings (SSSR count). The number of ether oxygens (including phenoxy) is 1. The van der Waals surface area contributed by atoms with Gasteiger partial charge in [0.15, 0.2) is 6.61 Å². The van der Waals surface area contributed by atoms with Crippen molar-refractivity contribution in [3.8, 4) is 0 Å². The lowest BCUT2D eigenvalue weighted by Crippen LogP contribution is -2.20. The van der Waals surface area contributed by atoms with E-state index in [-0.39, 0.29) is 0 Å². The summed E-state index contributed by atoms with van der Waals surface area (Å²) in [5.74, 6) is -1.19. The largest absolute Gasteiger partial charge is 0.452 e. The van der Waals surface area contributed by atoms with Crippen molar-refractivity contribution in [2.24, 2.45) is 0 Å². The number of halogens is 4. The standard InChI is InChI=1S/C17H11Cl4NO3/c18-11-3-1-10(14(20)7-11)2-6-17(24)25-9-16(23)22-12-4-5-13(19)15(21)8-12/h1-8H,9H2,(H,22,23)/b6-2+. The van der Waals surface area contributed by atoms with Crippen LogP contribution in [0.15, 0.2) is 42.5 Å². The van der Waals surface area contributed by atoms with Gasteiger partial charge in [0.25, 0.3) is 5.91 Å². The van der Waals surface area contributed by atoms with Gasteiger partial charge in [-0.05, 0) is 42.0 Å². The van der Waals surface area contributed by atoms with E-state index in [4.69, 9.17) is 51.1 Å². The van der Waals surface area contributed by atoms with Crippen molar-refractivity contribution < 1.29 is 14.3 Å². The second kappa shape index (κ2) is 9.11. The SMILES string of the molecule is O=C(COC(=O)/C=C/c1ccc(Cl)cc1Cl)Nc1ccc(Cl)c(Cl)c1. The van der Waals surface area contributed by atoms with Gasteiger partial charge in [0.05, 0.1) is 10.0 Å². The molecule has 1 N–H and O–H groups in total. The van der Waals surface area contributed by atoms with E-state index in [1.54, 1.807) is 30.3 Å². The molecule has 0 aromatic heterocycles. The second-order valence-electron chi connectivity index (χ2n) is 4.78. The lowest BCUT2D eigenvalue weighted by Gasteiger charge is -2.06. The zero-order valence-electron chi connectivity index (χ0n) is 12.6. The highest BCUT2D eigenvalue weighted by Gasteiger charge is 2.07. The third kappa shape index (κ3) is 6.25. The van der Waals surface area contributed by atoms with E-state index in [1.807, 2.05) is 0 Å². The molecule has 0 aliphatic carbocycles. The van der Waals surface area contributed by atoms with E-state index in [2.05, 4.69) is 5.32 Å². The van der Waals surface area contributed by atoms with Crippen molar-refractivity contribution in [2.75, 3.05) is 11.9 Å². The number of anilines is 1. The fraction of sp³-hybridized carbons (Fsp3) is 0.0588. The maximum Gasteiger partial charge on any atom is 0.331 e. The van der Waals surface area contributed by atoms with Crippen LogP contribution in [0.4, 0.5) is 5.69 Å². The van der Waals surface area contributed by atoms with Gasteiger partial charge in [-0.1, -0.05) is 52.5 Å². The zero-order valence-corrected chi connectivity index (χ0v) is 15.6. The van der Waals surface area contributed by atoms with Crippen LogP contribution in [0.5, 0.6) is 0 Å². The second-order valence-corrected chi connectivity index (χ2v) is 6.44. The highest BCUT2D eigenvalue weighted by molar-refractivity contribution is 6.42. The third-order valence-electron chi connectivity index (χ3n) is 2.91. The van der Waals surface area contributed by atoms with Gasteiger partial charge in [0.2, 0.25) is 0 Å². The molecule has 1 amide bonds. The molecule has 2 aromatic carbocycles. The average Bonchev–Trinajstić information content (AvgIpc) is 2.55. The van der Waals surface area contributed by atoms with E-state index < -0.39 is 18.5 Å². The summed E-state index contributed by atoms with van der Waals surface area (Å²) in [4.78, 5) is 23.4. The first-order valence-corrected chi connectivity index (χ1v) is 8.41. The molecule has 0 fully saturated rings. The summed E-state index contributed by atoms with van der Waals surface area (Å²) in [5.41, 5.74) is 1.04. The Kier molecular flexibility index (Phi) is 7.14. The summed E-state index contributed by atoms with van der Waals surface area (Å²) in [6.45, 7) is -0.447. The Balaban J connectivity index is 1.85. The number of esters is 1. The molecule has 0 radical (unpaired) electrons. The number of carbonyl (C=O) groups excluding carboxylic acids is 2. The van der Waals surface area contributed by atoms with Gasteiger partial charge in [-0.2, -0.15) is 0 Å². The number of carbonyl (C=O) groups is 2. The van der Waals surface area contributed by atoms with Crippen molar-refractivity contribution in [1.29, 1.82) is 0 Å². The maximum absolute atomic E-state index is 11.8. The molecule has 0 aliphatic heterocycles. The number of hydrogen-bond acceptors (Lipinski definition) is 3. The predicted molar refractivity (Wildman–Crippen MR) is 102 cm³/mol. The van der Waals surface area contributed by atoms with Crippen LogP contribution < -0.4 is 5.32 Å². The smallest absolute Gasteiger partial charge is 0.331 e. The Bertz CT molecular complexity index is 837. The molecule has 0 heterocycles. The predicted octanol–water partition coefficient (Wildman–Crippen LogP) is 5.50. The molecule has 0 saturated carbocycles. The van der Waals surface area contributed by atoms with Crippen molar-refractivity contribution in [1.82, 2.24) is 0 Å². The number of hydrogen-bond donors (Lipinski definition) is 1. The molecule has 0 atom stereocenters. The Labute approximate surface area is 164 Å². The fourth-order valence-electron chi connectivity index (χ4n) is 1.75. The van der Waals surface area contributed by atoms with Crippen molar-refractivity contribution in [3.63, 3.8) is 0 Å². The topological polar surface area (TPSA) is 55.4 Å². The molecule has 0 bridgehead atoms. The maximum atomic E-state index is 11.8. The Hall–Kier alpha value is -1.72. The number of benzene rings is 2. The van der Waals surface area contributed by atoms with Crippen LogP contribution in [-0.4, -0.2) is 18.5 Å². The Morgan fingerprint density at radius 3 is 2.40 bits per heavy atom. The first-order valence-electron chi connectivity index (χ1n) is 6.90. The Morgan fingerprint density at radius 2 is 1.72 bits per heavy atom. The van der Waals surface area contributed by atoms with Gasteiger partial charge < -0.3 is 10.1 Å². The van der Waals surface area contributed by atoms with E-state index in [0.29, 0.717) is 31.3 Å². The quantitative estimate of drug-likeness (QED) is 0.515. The summed E-state index contributed by atoms with van der Waals surface area (Å²) in [6, 6.07) is 9.47. The highest BCUT2D eigenvalue weighted by atomic mass is 35.5. The molecule has 2 aromatic rings. The number of amides is 1. The van der Waals surface area contributed by atoms with E-state index in [9.17, 15) is 9.59 Å². The Morgan fingerprint density at radius 1 is 0.960 bits per heavy atom. The lowest BCUT2D eigenvalue weighted by molar-refractivity contribution is -0.142. The summed E-state index contributed by atoms with van der Waals surface area (Å²) in [5, 5.41) is 4.10. The van der Waals surface area contributed by atoms with Gasteiger partial charge in [0.1, 0.15) is 0 Å². The van der Waals surface area contributed by atoms with Crippen LogP contribution in [0.3, 0.4) is 0 Å². The van der Waals surface area contributed by atoms with Gasteiger partial charge >= 0.3 is 5.97 Å². The minimum atomic E-state index is -0.685. The lowest BCUT2D eigenvalue weighted by atomic mass is 10.2. The van der Waals surface area contributed by atoms with E-state index in [0.717, 1.165) is 0 Å². The molecule has 8 heteroatoms. The van der Waals surface area contributed by atoms with Crippen molar-refractivity contribution >= 4 is 70.0 Å². The van der Waals surface area contributed by atoms with E-state index in [1.165, 1.54) is 18.2 Å². The summed E-state index contributed by atoms with van der Waals surface area (Å²) >= 11 is 23.4. The van der Waals surface area contributed by atoms with Crippen LogP contribution >= 0.6 is 46.4 Å². The van der Waals surface area contributed by atoms with Crippen molar-refractivity contribution in [3.05, 3.63) is 68.1 Å². The molecule has 0 aliphatic rings. The summed E-state index contributed by atoms with van der Waals surface area (Å²) < 4.78 is 4.85. The summed E-state index contributed by atoms with van der Waals surface area (Å²) in [6.07, 6.45) is 2.64. The molecular weight excluding hydrogens is 408 g/mol. The fourth-order valence-corrected chi connectivity index (χ4v) is 2.52. The van der Waals surface area contributed by atoms with Gasteiger partial charge in [0, 0.05) is 21.8 Å². The molecule has 0 spiro atoms. The third-order valence-corrected chi connectivity index (χ3v) is 4.21. The van der Waals surface area contributed by atoms with Crippen LogP contribution in [0.2, 0.25) is 20.1 Å². The highest BCUT2D eigenvalue weighted by Crippen LogP contribution is 2.25. The first-order chi connectivity index (χ1) is 11.8. The molecule has 0 unspecified atom stereocenters. The van der Waals surface area contributed by atoms with Crippen molar-refractivity contribution in [2.45, 2.75) is 0 Å². The first kappa shape index (κ1) is 19.6. The van der Waals surface area contributed by atoms with Crippen LogP contribution in [0.1, 0.15) is 5.56 Å². The van der Waals surface area contributed by atoms with Gasteiger partial charge in [-0.15, -0.1) is 0 Å². The monoisotopic (exact) mass is 417 g/mol. The average molecular weight is 419 g/mol. The van der Waals surface area contributed by atoms with Gasteiger partial charge in [-0.25, -0.2) is 4.79 Å². The number of nitrogens with one attached hydrogen (secondary N) is 1. The minimum Gasteiger partial charge on any atom is -0.452 e. The summed E-state index contributed by atoms with van der Waals surface area (Å²) in [7, 11) is 0. The zero-order chi connectivity index (χ0) is 18.4. The molecule has 25 heavy (non-hydrogen) atoms. The number of rotatable bonds is 5. The normalized spacial score (nSPS) is 10.7. The molecular formula is C17H11Cl4NO3. The van der Waals surface area contributed by atoms with Crippen LogP contribution in [0, 0.1) is 0 Å². The van der Waals surface area contributed by atoms with Crippen LogP contribution in [0.25, 0.3) is 6.08 Å². The minimum absolute atomic E-state index is 0.305. The van der Waals surface area contributed by atoms with E-state index >= 15 is 0 Å². The molecule has 4 nitrogen and oxygen atoms in total. The molecule has 0 saturated heterocycles. The van der Waals surface area contributed by atoms with Crippen LogP contribution in [-0.2, 0) is 14.3 Å². The van der Waals surface area contributed by atoms with Gasteiger partial charge in [-0.3, -0.25) is 4.79 Å².